The van der Waals surface area contributed by atoms with Crippen molar-refractivity contribution in [1.82, 2.24) is 0 Å². The molecular weight excluding hydrogens is 400 g/mol. The molecule has 0 heterocycles. The lowest BCUT2D eigenvalue weighted by Crippen LogP contribution is -2.11. The Labute approximate surface area is 189 Å². The number of unbranched alkanes of at least 4 members (excludes halogenated alkanes) is 1. The van der Waals surface area contributed by atoms with Crippen LogP contribution in [-0.4, -0.2) is 31.4 Å². The highest BCUT2D eigenvalue weighted by molar-refractivity contribution is 6.07. The second kappa shape index (κ2) is 12.4. The van der Waals surface area contributed by atoms with Crippen LogP contribution in [0.1, 0.15) is 44.7 Å². The summed E-state index contributed by atoms with van der Waals surface area (Å²) in [6, 6.07) is 26.3. The molecule has 0 aliphatic rings. The average molecular weight is 429 g/mol. The molecule has 4 nitrogen and oxygen atoms in total. The lowest BCUT2D eigenvalue weighted by atomic mass is 10.1. The van der Waals surface area contributed by atoms with Crippen molar-refractivity contribution in [3.05, 3.63) is 113 Å². The molecular formula is C28H28O4. The number of allylic oxidation sites excluding steroid dienone is 1. The van der Waals surface area contributed by atoms with Gasteiger partial charge in [0.25, 0.3) is 0 Å². The van der Waals surface area contributed by atoms with Gasteiger partial charge >= 0.3 is 0 Å². The third-order valence-electron chi connectivity index (χ3n) is 5.00. The van der Waals surface area contributed by atoms with E-state index in [4.69, 9.17) is 9.47 Å². The number of ether oxygens (including phenoxy) is 2. The average Bonchev–Trinajstić information content (AvgIpc) is 2.83. The molecule has 0 bridgehead atoms. The van der Waals surface area contributed by atoms with Gasteiger partial charge in [-0.15, -0.1) is 0 Å². The Morgan fingerprint density at radius 2 is 1.34 bits per heavy atom. The summed E-state index contributed by atoms with van der Waals surface area (Å²) in [5.74, 6) is 0.450. The first kappa shape index (κ1) is 23.2. The van der Waals surface area contributed by atoms with Gasteiger partial charge in [0.15, 0.2) is 11.6 Å². The van der Waals surface area contributed by atoms with Gasteiger partial charge in [-0.1, -0.05) is 84.9 Å². The Morgan fingerprint density at radius 1 is 0.750 bits per heavy atom. The fourth-order valence-corrected chi connectivity index (χ4v) is 3.23. The van der Waals surface area contributed by atoms with E-state index in [9.17, 15) is 9.59 Å². The summed E-state index contributed by atoms with van der Waals surface area (Å²) in [7, 11) is 0. The summed E-state index contributed by atoms with van der Waals surface area (Å²) < 4.78 is 11.5. The van der Waals surface area contributed by atoms with Gasteiger partial charge in [-0.3, -0.25) is 9.59 Å². The van der Waals surface area contributed by atoms with Crippen molar-refractivity contribution < 1.29 is 19.1 Å². The molecule has 32 heavy (non-hydrogen) atoms. The Balaban J connectivity index is 1.46. The molecule has 3 aromatic rings. The fourth-order valence-electron chi connectivity index (χ4n) is 3.23. The van der Waals surface area contributed by atoms with Gasteiger partial charge in [0, 0.05) is 29.4 Å². The quantitative estimate of drug-likeness (QED) is 0.156. The number of hydrogen-bond donors (Lipinski definition) is 0. The highest BCUT2D eigenvalue weighted by atomic mass is 16.5. The largest absolute Gasteiger partial charge is 0.493 e. The zero-order valence-electron chi connectivity index (χ0n) is 18.3. The summed E-state index contributed by atoms with van der Waals surface area (Å²) in [5.41, 5.74) is 3.14. The van der Waals surface area contributed by atoms with Crippen LogP contribution < -0.4 is 0 Å². The van der Waals surface area contributed by atoms with Crippen molar-refractivity contribution in [2.75, 3.05) is 19.8 Å². The van der Waals surface area contributed by atoms with Gasteiger partial charge in [-0.25, -0.2) is 0 Å². The summed E-state index contributed by atoms with van der Waals surface area (Å²) >= 11 is 0. The fraction of sp³-hybridized carbons (Fsp3) is 0.214. The maximum Gasteiger partial charge on any atom is 0.189 e. The maximum atomic E-state index is 12.6. The molecule has 0 unspecified atom stereocenters. The number of carbonyl (C=O) groups is 2. The number of benzene rings is 3. The number of Topliss-reactive ketones (excluding diaryl/α,β-unsaturated/α-hetero) is 1. The molecule has 4 heteroatoms. The van der Waals surface area contributed by atoms with E-state index in [2.05, 4.69) is 0 Å². The normalized spacial score (nSPS) is 11.2. The van der Waals surface area contributed by atoms with Crippen LogP contribution in [0.25, 0.3) is 5.76 Å². The standard InChI is InChI=1S/C28H28O4/c1-22-12-8-9-17-25(22)27(30)21-31-18-10-11-19-32-28(24-15-6-3-7-16-24)20-26(29)23-13-4-2-5-14-23/h2-9,12-17,20H,10-11,18-19,21H2,1H3/b28-20+. The van der Waals surface area contributed by atoms with Crippen molar-refractivity contribution in [1.29, 1.82) is 0 Å². The van der Waals surface area contributed by atoms with Crippen molar-refractivity contribution in [3.63, 3.8) is 0 Å². The van der Waals surface area contributed by atoms with Crippen LogP contribution in [0.3, 0.4) is 0 Å². The van der Waals surface area contributed by atoms with E-state index < -0.39 is 0 Å². The van der Waals surface area contributed by atoms with E-state index >= 15 is 0 Å². The van der Waals surface area contributed by atoms with E-state index in [1.54, 1.807) is 18.2 Å². The molecule has 0 atom stereocenters. The first-order chi connectivity index (χ1) is 15.6. The predicted molar refractivity (Wildman–Crippen MR) is 127 cm³/mol. The van der Waals surface area contributed by atoms with Gasteiger partial charge < -0.3 is 9.47 Å². The van der Waals surface area contributed by atoms with Crippen LogP contribution in [0.4, 0.5) is 0 Å². The van der Waals surface area contributed by atoms with Crippen LogP contribution in [0, 0.1) is 6.92 Å². The number of aryl methyl sites for hydroxylation is 1. The molecule has 3 rings (SSSR count). The zero-order chi connectivity index (χ0) is 22.6. The van der Waals surface area contributed by atoms with Crippen molar-refractivity contribution in [2.45, 2.75) is 19.8 Å². The van der Waals surface area contributed by atoms with E-state index in [1.165, 1.54) is 0 Å². The molecule has 0 spiro atoms. The molecule has 0 amide bonds. The lowest BCUT2D eigenvalue weighted by Gasteiger charge is -2.11. The molecule has 0 aromatic heterocycles. The van der Waals surface area contributed by atoms with Crippen molar-refractivity contribution in [2.24, 2.45) is 0 Å². The van der Waals surface area contributed by atoms with E-state index in [1.807, 2.05) is 79.7 Å². The minimum atomic E-state index is -0.0949. The molecule has 3 aromatic carbocycles. The Kier molecular flexibility index (Phi) is 8.96. The Hall–Kier alpha value is -3.50. The van der Waals surface area contributed by atoms with Gasteiger partial charge in [0.2, 0.25) is 0 Å². The van der Waals surface area contributed by atoms with Crippen LogP contribution in [0.5, 0.6) is 0 Å². The SMILES string of the molecule is Cc1ccccc1C(=O)COCCCCO/C(=C/C(=O)c1ccccc1)c1ccccc1. The predicted octanol–water partition coefficient (Wildman–Crippen LogP) is 5.92. The summed E-state index contributed by atoms with van der Waals surface area (Å²) in [5, 5.41) is 0. The molecule has 0 N–H and O–H groups in total. The first-order valence-corrected chi connectivity index (χ1v) is 10.8. The number of hydrogen-bond acceptors (Lipinski definition) is 4. The smallest absolute Gasteiger partial charge is 0.189 e. The van der Waals surface area contributed by atoms with E-state index in [0.29, 0.717) is 30.1 Å². The zero-order valence-corrected chi connectivity index (χ0v) is 18.3. The molecule has 0 saturated heterocycles. The van der Waals surface area contributed by atoms with Crippen LogP contribution in [-0.2, 0) is 9.47 Å². The van der Waals surface area contributed by atoms with Crippen LogP contribution in [0.2, 0.25) is 0 Å². The van der Waals surface area contributed by atoms with E-state index in [-0.39, 0.29) is 18.2 Å². The third-order valence-corrected chi connectivity index (χ3v) is 5.00. The van der Waals surface area contributed by atoms with Crippen LogP contribution in [0.15, 0.2) is 91.0 Å². The number of carbonyl (C=O) groups excluding carboxylic acids is 2. The second-order valence-corrected chi connectivity index (χ2v) is 7.45. The topological polar surface area (TPSA) is 52.6 Å². The van der Waals surface area contributed by atoms with Gasteiger partial charge in [0.05, 0.1) is 6.61 Å². The second-order valence-electron chi connectivity index (χ2n) is 7.45. The third kappa shape index (κ3) is 7.03. The van der Waals surface area contributed by atoms with Crippen molar-refractivity contribution >= 4 is 17.3 Å². The minimum Gasteiger partial charge on any atom is -0.493 e. The molecule has 0 aliphatic heterocycles. The molecule has 0 saturated carbocycles. The Bertz CT molecular complexity index is 1040. The molecule has 164 valence electrons. The molecule has 0 fully saturated rings. The highest BCUT2D eigenvalue weighted by Crippen LogP contribution is 2.18. The van der Waals surface area contributed by atoms with Crippen molar-refractivity contribution in [3.8, 4) is 0 Å². The summed E-state index contributed by atoms with van der Waals surface area (Å²) in [4.78, 5) is 24.8. The van der Waals surface area contributed by atoms with E-state index in [0.717, 1.165) is 24.0 Å². The monoisotopic (exact) mass is 428 g/mol. The number of ketones is 2. The molecule has 0 radical (unpaired) electrons. The first-order valence-electron chi connectivity index (χ1n) is 10.8. The lowest BCUT2D eigenvalue weighted by molar-refractivity contribution is 0.0745. The van der Waals surface area contributed by atoms with Gasteiger partial charge in [-0.05, 0) is 25.3 Å². The van der Waals surface area contributed by atoms with Crippen LogP contribution >= 0.6 is 0 Å². The minimum absolute atomic E-state index is 0.00642. The Morgan fingerprint density at radius 3 is 2.03 bits per heavy atom. The van der Waals surface area contributed by atoms with Gasteiger partial charge in [0.1, 0.15) is 12.4 Å². The highest BCUT2D eigenvalue weighted by Gasteiger charge is 2.10. The summed E-state index contributed by atoms with van der Waals surface area (Å²) in [6.07, 6.45) is 3.06. The number of rotatable bonds is 12. The molecule has 0 aliphatic carbocycles. The summed E-state index contributed by atoms with van der Waals surface area (Å²) in [6.45, 7) is 2.93. The maximum absolute atomic E-state index is 12.6. The van der Waals surface area contributed by atoms with Gasteiger partial charge in [-0.2, -0.15) is 0 Å².